The van der Waals surface area contributed by atoms with Gasteiger partial charge in [-0.2, -0.15) is 13.2 Å². The fourth-order valence-corrected chi connectivity index (χ4v) is 1.21. The summed E-state index contributed by atoms with van der Waals surface area (Å²) in [6.07, 6.45) is -4.68. The average Bonchev–Trinajstić information content (AvgIpc) is 2.69. The molecule has 0 aliphatic rings. The number of hydrogen-bond acceptors (Lipinski definition) is 3. The maximum absolute atomic E-state index is 12.2. The second-order valence-electron chi connectivity index (χ2n) is 3.64. The van der Waals surface area contributed by atoms with Gasteiger partial charge in [0.25, 0.3) is 0 Å². The molecular weight excluding hydrogens is 235 g/mol. The first-order valence-electron chi connectivity index (χ1n) is 5.39. The molecule has 0 saturated heterocycles. The van der Waals surface area contributed by atoms with Crippen LogP contribution >= 0.6 is 0 Å². The normalized spacial score (nSPS) is 13.9. The van der Waals surface area contributed by atoms with E-state index in [4.69, 9.17) is 9.15 Å². The highest BCUT2D eigenvalue weighted by Crippen LogP contribution is 2.24. The van der Waals surface area contributed by atoms with Gasteiger partial charge in [0.2, 0.25) is 0 Å². The molecule has 0 saturated carbocycles. The summed E-state index contributed by atoms with van der Waals surface area (Å²) in [4.78, 5) is 0. The molecule has 0 aliphatic heterocycles. The third-order valence-electron chi connectivity index (χ3n) is 2.33. The molecular formula is C11H16F3NO2. The standard InChI is InChI=1S/C11H16F3NO2/c1-3-15-6-9-4-5-16-10(9)7-17-8(2)11(12,13)14/h4-5,8,15H,3,6-7H2,1-2H3. The van der Waals surface area contributed by atoms with Gasteiger partial charge in [0.15, 0.2) is 6.10 Å². The fourth-order valence-electron chi connectivity index (χ4n) is 1.21. The van der Waals surface area contributed by atoms with E-state index in [1.54, 1.807) is 6.07 Å². The molecule has 17 heavy (non-hydrogen) atoms. The Hall–Kier alpha value is -1.01. The van der Waals surface area contributed by atoms with Gasteiger partial charge in [-0.1, -0.05) is 6.92 Å². The van der Waals surface area contributed by atoms with Crippen LogP contribution in [0.25, 0.3) is 0 Å². The Labute approximate surface area is 97.9 Å². The van der Waals surface area contributed by atoms with E-state index >= 15 is 0 Å². The minimum absolute atomic E-state index is 0.172. The third-order valence-corrected chi connectivity index (χ3v) is 2.33. The van der Waals surface area contributed by atoms with Crippen LogP contribution in [0.1, 0.15) is 25.2 Å². The number of ether oxygens (including phenoxy) is 1. The minimum atomic E-state index is -4.34. The summed E-state index contributed by atoms with van der Waals surface area (Å²) in [6, 6.07) is 1.72. The van der Waals surface area contributed by atoms with Crippen LogP contribution in [-0.2, 0) is 17.9 Å². The smallest absolute Gasteiger partial charge is 0.414 e. The van der Waals surface area contributed by atoms with Crippen molar-refractivity contribution in [2.45, 2.75) is 39.3 Å². The topological polar surface area (TPSA) is 34.4 Å². The first-order chi connectivity index (χ1) is 7.95. The van der Waals surface area contributed by atoms with Crippen molar-refractivity contribution in [1.82, 2.24) is 5.32 Å². The van der Waals surface area contributed by atoms with Gasteiger partial charge < -0.3 is 14.5 Å². The Bertz CT molecular complexity index is 336. The summed E-state index contributed by atoms with van der Waals surface area (Å²) >= 11 is 0. The van der Waals surface area contributed by atoms with Gasteiger partial charge in [0, 0.05) is 12.1 Å². The summed E-state index contributed by atoms with van der Waals surface area (Å²) in [7, 11) is 0. The highest BCUT2D eigenvalue weighted by molar-refractivity contribution is 5.16. The quantitative estimate of drug-likeness (QED) is 0.844. The zero-order valence-corrected chi connectivity index (χ0v) is 9.80. The van der Waals surface area contributed by atoms with Crippen LogP contribution in [-0.4, -0.2) is 18.8 Å². The summed E-state index contributed by atoms with van der Waals surface area (Å²) in [6.45, 7) is 4.10. The fraction of sp³-hybridized carbons (Fsp3) is 0.636. The predicted octanol–water partition coefficient (Wildman–Crippen LogP) is 2.86. The molecule has 1 aromatic heterocycles. The molecule has 0 bridgehead atoms. The van der Waals surface area contributed by atoms with Crippen molar-refractivity contribution in [3.05, 3.63) is 23.7 Å². The molecule has 6 heteroatoms. The molecule has 0 amide bonds. The lowest BCUT2D eigenvalue weighted by Crippen LogP contribution is -2.28. The summed E-state index contributed by atoms with van der Waals surface area (Å²) in [5, 5.41) is 3.07. The first kappa shape index (κ1) is 14.1. The van der Waals surface area contributed by atoms with E-state index in [0.717, 1.165) is 19.0 Å². The monoisotopic (exact) mass is 251 g/mol. The minimum Gasteiger partial charge on any atom is -0.467 e. The molecule has 1 atom stereocenters. The van der Waals surface area contributed by atoms with Crippen molar-refractivity contribution in [2.75, 3.05) is 6.54 Å². The van der Waals surface area contributed by atoms with Gasteiger partial charge in [0.1, 0.15) is 12.4 Å². The Morgan fingerprint density at radius 3 is 2.76 bits per heavy atom. The van der Waals surface area contributed by atoms with Crippen molar-refractivity contribution in [1.29, 1.82) is 0 Å². The Morgan fingerprint density at radius 2 is 2.18 bits per heavy atom. The highest BCUT2D eigenvalue weighted by Gasteiger charge is 2.37. The molecule has 0 aliphatic carbocycles. The highest BCUT2D eigenvalue weighted by atomic mass is 19.4. The van der Waals surface area contributed by atoms with Gasteiger partial charge in [0.05, 0.1) is 6.26 Å². The van der Waals surface area contributed by atoms with E-state index in [1.807, 2.05) is 6.92 Å². The largest absolute Gasteiger partial charge is 0.467 e. The lowest BCUT2D eigenvalue weighted by Gasteiger charge is -2.15. The summed E-state index contributed by atoms with van der Waals surface area (Å²) in [5.41, 5.74) is 0.821. The molecule has 0 spiro atoms. The molecule has 1 unspecified atom stereocenters. The van der Waals surface area contributed by atoms with Gasteiger partial charge in [-0.15, -0.1) is 0 Å². The molecule has 0 radical (unpaired) electrons. The van der Waals surface area contributed by atoms with E-state index in [0.29, 0.717) is 12.3 Å². The van der Waals surface area contributed by atoms with Crippen molar-refractivity contribution >= 4 is 0 Å². The van der Waals surface area contributed by atoms with Gasteiger partial charge in [-0.3, -0.25) is 0 Å². The van der Waals surface area contributed by atoms with Crippen LogP contribution < -0.4 is 5.32 Å². The van der Waals surface area contributed by atoms with Crippen molar-refractivity contribution in [2.24, 2.45) is 0 Å². The molecule has 1 rings (SSSR count). The van der Waals surface area contributed by atoms with Crippen LogP contribution in [0.15, 0.2) is 16.7 Å². The molecule has 0 aromatic carbocycles. The molecule has 98 valence electrons. The predicted molar refractivity (Wildman–Crippen MR) is 56.4 cm³/mol. The van der Waals surface area contributed by atoms with Crippen LogP contribution in [0.3, 0.4) is 0 Å². The van der Waals surface area contributed by atoms with E-state index in [1.165, 1.54) is 6.26 Å². The molecule has 0 fully saturated rings. The van der Waals surface area contributed by atoms with Gasteiger partial charge in [-0.05, 0) is 19.5 Å². The second kappa shape index (κ2) is 6.07. The van der Waals surface area contributed by atoms with E-state index in [-0.39, 0.29) is 6.61 Å². The Morgan fingerprint density at radius 1 is 1.47 bits per heavy atom. The zero-order valence-electron chi connectivity index (χ0n) is 9.80. The maximum atomic E-state index is 12.2. The van der Waals surface area contributed by atoms with E-state index < -0.39 is 12.3 Å². The number of halogens is 3. The van der Waals surface area contributed by atoms with Crippen molar-refractivity contribution < 1.29 is 22.3 Å². The zero-order chi connectivity index (χ0) is 12.9. The number of hydrogen-bond donors (Lipinski definition) is 1. The number of furan rings is 1. The lowest BCUT2D eigenvalue weighted by atomic mass is 10.2. The van der Waals surface area contributed by atoms with Crippen LogP contribution in [0.4, 0.5) is 13.2 Å². The number of alkyl halides is 3. The third kappa shape index (κ3) is 4.40. The summed E-state index contributed by atoms with van der Waals surface area (Å²) in [5.74, 6) is 0.432. The lowest BCUT2D eigenvalue weighted by molar-refractivity contribution is -0.218. The molecule has 3 nitrogen and oxygen atoms in total. The SMILES string of the molecule is CCNCc1ccoc1COC(C)C(F)(F)F. The number of nitrogens with one attached hydrogen (secondary N) is 1. The second-order valence-corrected chi connectivity index (χ2v) is 3.64. The van der Waals surface area contributed by atoms with E-state index in [9.17, 15) is 13.2 Å². The van der Waals surface area contributed by atoms with Crippen LogP contribution in [0.2, 0.25) is 0 Å². The van der Waals surface area contributed by atoms with Gasteiger partial charge in [-0.25, -0.2) is 0 Å². The number of rotatable bonds is 6. The molecule has 1 N–H and O–H groups in total. The molecule has 1 heterocycles. The van der Waals surface area contributed by atoms with E-state index in [2.05, 4.69) is 5.32 Å². The maximum Gasteiger partial charge on any atom is 0.414 e. The Balaban J connectivity index is 2.49. The van der Waals surface area contributed by atoms with Crippen molar-refractivity contribution in [3.8, 4) is 0 Å². The summed E-state index contributed by atoms with van der Waals surface area (Å²) < 4.78 is 46.5. The molecule has 1 aromatic rings. The first-order valence-corrected chi connectivity index (χ1v) is 5.39. The van der Waals surface area contributed by atoms with Crippen LogP contribution in [0.5, 0.6) is 0 Å². The van der Waals surface area contributed by atoms with Crippen LogP contribution in [0, 0.1) is 0 Å². The Kier molecular flexibility index (Phi) is 5.02. The van der Waals surface area contributed by atoms with Crippen molar-refractivity contribution in [3.63, 3.8) is 0 Å². The average molecular weight is 251 g/mol. The van der Waals surface area contributed by atoms with Gasteiger partial charge >= 0.3 is 6.18 Å².